The summed E-state index contributed by atoms with van der Waals surface area (Å²) >= 11 is 0. The fourth-order valence-electron chi connectivity index (χ4n) is 0.932. The van der Waals surface area contributed by atoms with Gasteiger partial charge in [-0.25, -0.2) is 9.87 Å². The quantitative estimate of drug-likeness (QED) is 0.491. The number of hydrogen-bond donors (Lipinski definition) is 2. The Balaban J connectivity index is 3.08. The van der Waals surface area contributed by atoms with Crippen LogP contribution in [-0.4, -0.2) is 11.1 Å². The largest absolute Gasteiger partial charge is 0.288 e. The number of benzene rings is 1. The molecule has 4 heteroatoms. The van der Waals surface area contributed by atoms with E-state index in [1.54, 1.807) is 6.92 Å². The van der Waals surface area contributed by atoms with E-state index in [9.17, 15) is 9.18 Å². The van der Waals surface area contributed by atoms with Crippen molar-refractivity contribution in [1.29, 1.82) is 0 Å². The minimum absolute atomic E-state index is 0.106. The molecular formula is C8H8FNO2. The summed E-state index contributed by atoms with van der Waals surface area (Å²) in [5.74, 6) is -1.20. The maximum absolute atomic E-state index is 12.7. The van der Waals surface area contributed by atoms with E-state index in [1.807, 2.05) is 0 Å². The van der Waals surface area contributed by atoms with Crippen molar-refractivity contribution < 1.29 is 14.4 Å². The van der Waals surface area contributed by atoms with E-state index in [-0.39, 0.29) is 5.56 Å². The molecule has 0 saturated carbocycles. The van der Waals surface area contributed by atoms with Crippen LogP contribution in [0.4, 0.5) is 4.39 Å². The third-order valence-corrected chi connectivity index (χ3v) is 1.41. The van der Waals surface area contributed by atoms with Gasteiger partial charge in [-0.1, -0.05) is 0 Å². The fourth-order valence-corrected chi connectivity index (χ4v) is 0.932. The minimum atomic E-state index is -0.711. The Hall–Kier alpha value is -1.42. The Morgan fingerprint density at radius 2 is 2.17 bits per heavy atom. The molecule has 12 heavy (non-hydrogen) atoms. The lowest BCUT2D eigenvalue weighted by atomic mass is 10.1. The van der Waals surface area contributed by atoms with Gasteiger partial charge in [-0.05, 0) is 30.7 Å². The molecule has 3 nitrogen and oxygen atoms in total. The van der Waals surface area contributed by atoms with E-state index in [0.29, 0.717) is 5.56 Å². The molecule has 1 aromatic carbocycles. The molecular weight excluding hydrogens is 161 g/mol. The second-order valence-electron chi connectivity index (χ2n) is 2.46. The van der Waals surface area contributed by atoms with Crippen LogP contribution in [0.3, 0.4) is 0 Å². The number of carbonyl (C=O) groups is 1. The average molecular weight is 169 g/mol. The van der Waals surface area contributed by atoms with Gasteiger partial charge in [0.2, 0.25) is 0 Å². The summed E-state index contributed by atoms with van der Waals surface area (Å²) in [5.41, 5.74) is 2.17. The lowest BCUT2D eigenvalue weighted by Gasteiger charge is -1.99. The Kier molecular flexibility index (Phi) is 2.40. The summed E-state index contributed by atoms with van der Waals surface area (Å²) in [4.78, 5) is 10.8. The van der Waals surface area contributed by atoms with Crippen molar-refractivity contribution in [1.82, 2.24) is 5.48 Å². The third-order valence-electron chi connectivity index (χ3n) is 1.41. The van der Waals surface area contributed by atoms with Crippen LogP contribution >= 0.6 is 0 Å². The predicted molar refractivity (Wildman–Crippen MR) is 40.4 cm³/mol. The molecule has 64 valence electrons. The average Bonchev–Trinajstić information content (AvgIpc) is 2.01. The van der Waals surface area contributed by atoms with Gasteiger partial charge in [-0.3, -0.25) is 10.0 Å². The maximum Gasteiger partial charge on any atom is 0.274 e. The van der Waals surface area contributed by atoms with E-state index in [1.165, 1.54) is 17.6 Å². The molecule has 0 bridgehead atoms. The van der Waals surface area contributed by atoms with E-state index in [0.717, 1.165) is 6.07 Å². The molecule has 0 unspecified atom stereocenters. The van der Waals surface area contributed by atoms with Gasteiger partial charge in [-0.2, -0.15) is 0 Å². The molecule has 0 heterocycles. The SMILES string of the molecule is Cc1cc(F)cc(C(=O)NO)c1. The van der Waals surface area contributed by atoms with E-state index in [2.05, 4.69) is 0 Å². The summed E-state index contributed by atoms with van der Waals surface area (Å²) < 4.78 is 12.7. The molecule has 0 aliphatic rings. The molecule has 0 radical (unpaired) electrons. The van der Waals surface area contributed by atoms with Gasteiger partial charge in [0.15, 0.2) is 0 Å². The first-order chi connectivity index (χ1) is 5.63. The highest BCUT2D eigenvalue weighted by atomic mass is 19.1. The highest BCUT2D eigenvalue weighted by molar-refractivity contribution is 5.93. The summed E-state index contributed by atoms with van der Waals surface area (Å²) in [6.07, 6.45) is 0. The third kappa shape index (κ3) is 1.79. The van der Waals surface area contributed by atoms with Gasteiger partial charge in [0.25, 0.3) is 5.91 Å². The van der Waals surface area contributed by atoms with Crippen LogP contribution in [0.1, 0.15) is 15.9 Å². The van der Waals surface area contributed by atoms with Gasteiger partial charge in [-0.15, -0.1) is 0 Å². The van der Waals surface area contributed by atoms with Gasteiger partial charge >= 0.3 is 0 Å². The van der Waals surface area contributed by atoms with Gasteiger partial charge < -0.3 is 0 Å². The number of amides is 1. The topological polar surface area (TPSA) is 49.3 Å². The zero-order valence-electron chi connectivity index (χ0n) is 6.47. The van der Waals surface area contributed by atoms with Crippen LogP contribution in [0.25, 0.3) is 0 Å². The van der Waals surface area contributed by atoms with Gasteiger partial charge in [0, 0.05) is 5.56 Å². The van der Waals surface area contributed by atoms with Crippen molar-refractivity contribution >= 4 is 5.91 Å². The number of aryl methyl sites for hydroxylation is 1. The second-order valence-corrected chi connectivity index (χ2v) is 2.46. The van der Waals surface area contributed by atoms with Crippen molar-refractivity contribution in [3.63, 3.8) is 0 Å². The molecule has 0 aromatic heterocycles. The molecule has 2 N–H and O–H groups in total. The van der Waals surface area contributed by atoms with Gasteiger partial charge in [0.1, 0.15) is 5.82 Å². The Morgan fingerprint density at radius 1 is 1.50 bits per heavy atom. The van der Waals surface area contributed by atoms with Crippen LogP contribution in [0.5, 0.6) is 0 Å². The van der Waals surface area contributed by atoms with Gasteiger partial charge in [0.05, 0.1) is 0 Å². The predicted octanol–water partition coefficient (Wildman–Crippen LogP) is 1.25. The fraction of sp³-hybridized carbons (Fsp3) is 0.125. The van der Waals surface area contributed by atoms with Crippen LogP contribution in [0.15, 0.2) is 18.2 Å². The lowest BCUT2D eigenvalue weighted by Crippen LogP contribution is -2.18. The van der Waals surface area contributed by atoms with Crippen molar-refractivity contribution in [3.05, 3.63) is 35.1 Å². The zero-order chi connectivity index (χ0) is 9.14. The van der Waals surface area contributed by atoms with E-state index < -0.39 is 11.7 Å². The van der Waals surface area contributed by atoms with Crippen molar-refractivity contribution in [2.24, 2.45) is 0 Å². The van der Waals surface area contributed by atoms with Crippen LogP contribution in [-0.2, 0) is 0 Å². The van der Waals surface area contributed by atoms with E-state index >= 15 is 0 Å². The summed E-state index contributed by atoms with van der Waals surface area (Å²) in [7, 11) is 0. The summed E-state index contributed by atoms with van der Waals surface area (Å²) in [5, 5.41) is 8.25. The number of nitrogens with one attached hydrogen (secondary N) is 1. The molecule has 0 aliphatic heterocycles. The molecule has 0 fully saturated rings. The van der Waals surface area contributed by atoms with E-state index in [4.69, 9.17) is 5.21 Å². The first kappa shape index (κ1) is 8.67. The number of carbonyl (C=O) groups excluding carboxylic acids is 1. The standard InChI is InChI=1S/C8H8FNO2/c1-5-2-6(8(11)10-12)4-7(9)3-5/h2-4,12H,1H3,(H,10,11). The maximum atomic E-state index is 12.7. The highest BCUT2D eigenvalue weighted by Crippen LogP contribution is 2.07. The van der Waals surface area contributed by atoms with Crippen LogP contribution < -0.4 is 5.48 Å². The summed E-state index contributed by atoms with van der Waals surface area (Å²) in [6.45, 7) is 1.66. The Labute approximate surface area is 68.8 Å². The molecule has 0 aliphatic carbocycles. The molecule has 1 rings (SSSR count). The minimum Gasteiger partial charge on any atom is -0.288 e. The van der Waals surface area contributed by atoms with Crippen molar-refractivity contribution in [3.8, 4) is 0 Å². The molecule has 0 atom stereocenters. The van der Waals surface area contributed by atoms with Crippen LogP contribution in [0, 0.1) is 12.7 Å². The highest BCUT2D eigenvalue weighted by Gasteiger charge is 2.05. The first-order valence-electron chi connectivity index (χ1n) is 3.35. The molecule has 0 spiro atoms. The monoisotopic (exact) mass is 169 g/mol. The zero-order valence-corrected chi connectivity index (χ0v) is 6.47. The molecule has 1 aromatic rings. The molecule has 0 saturated heterocycles. The smallest absolute Gasteiger partial charge is 0.274 e. The normalized spacial score (nSPS) is 9.58. The Morgan fingerprint density at radius 3 is 2.67 bits per heavy atom. The first-order valence-corrected chi connectivity index (χ1v) is 3.35. The number of hydroxylamine groups is 1. The lowest BCUT2D eigenvalue weighted by molar-refractivity contribution is 0.0706. The number of rotatable bonds is 1. The summed E-state index contributed by atoms with van der Waals surface area (Å²) in [6, 6.07) is 3.83. The Bertz CT molecular complexity index is 292. The van der Waals surface area contributed by atoms with Crippen LogP contribution in [0.2, 0.25) is 0 Å². The number of halogens is 1. The second kappa shape index (κ2) is 3.32. The van der Waals surface area contributed by atoms with Crippen molar-refractivity contribution in [2.75, 3.05) is 0 Å². The number of hydrogen-bond acceptors (Lipinski definition) is 2. The van der Waals surface area contributed by atoms with Crippen molar-refractivity contribution in [2.45, 2.75) is 6.92 Å². The molecule has 1 amide bonds.